The molecule has 1 atom stereocenters. The molecule has 0 saturated heterocycles. The van der Waals surface area contributed by atoms with Gasteiger partial charge in [0.15, 0.2) is 23.0 Å². The lowest BCUT2D eigenvalue weighted by Gasteiger charge is -2.26. The zero-order chi connectivity index (χ0) is 18.1. The number of fused-ring (bicyclic) bond motifs is 1. The number of carbonyl (C=O) groups excluding carboxylic acids is 1. The van der Waals surface area contributed by atoms with Gasteiger partial charge >= 0.3 is 5.97 Å². The van der Waals surface area contributed by atoms with E-state index < -0.39 is 17.6 Å². The van der Waals surface area contributed by atoms with Gasteiger partial charge in [0, 0.05) is 11.5 Å². The minimum atomic E-state index is -0.507. The van der Waals surface area contributed by atoms with E-state index in [4.69, 9.17) is 18.9 Å². The Kier molecular flexibility index (Phi) is 4.31. The van der Waals surface area contributed by atoms with Crippen LogP contribution in [0.2, 0.25) is 0 Å². The molecular formula is C18H18O7. The summed E-state index contributed by atoms with van der Waals surface area (Å²) in [4.78, 5) is 12.0. The highest BCUT2D eigenvalue weighted by Gasteiger charge is 2.32. The van der Waals surface area contributed by atoms with Crippen molar-refractivity contribution < 1.29 is 34.0 Å². The number of aromatic hydroxyl groups is 2. The average molecular weight is 346 g/mol. The standard InChI is InChI=1S/C18H18O7/c1-22-13-6-9(7-14(23-2)18(13)24-3)11-8-15(20)25-17-10(11)4-5-12(19)16(17)21/h4-7,11,19,21H,8H2,1-3H3. The fourth-order valence-electron chi connectivity index (χ4n) is 2.99. The molecule has 1 heterocycles. The van der Waals surface area contributed by atoms with Crippen LogP contribution in [0.1, 0.15) is 23.5 Å². The van der Waals surface area contributed by atoms with Gasteiger partial charge in [-0.3, -0.25) is 4.79 Å². The SMILES string of the molecule is COc1cc(C2CC(=O)Oc3c2ccc(O)c3O)cc(OC)c1OC. The van der Waals surface area contributed by atoms with Gasteiger partial charge in [-0.2, -0.15) is 0 Å². The second-order valence-corrected chi connectivity index (χ2v) is 5.54. The van der Waals surface area contributed by atoms with E-state index in [1.54, 1.807) is 18.2 Å². The lowest BCUT2D eigenvalue weighted by molar-refractivity contribution is -0.135. The summed E-state index contributed by atoms with van der Waals surface area (Å²) >= 11 is 0. The minimum absolute atomic E-state index is 0.0324. The number of phenolic OH excluding ortho intramolecular Hbond substituents is 2. The van der Waals surface area contributed by atoms with Crippen molar-refractivity contribution in [2.24, 2.45) is 0 Å². The van der Waals surface area contributed by atoms with Gasteiger partial charge < -0.3 is 29.2 Å². The fourth-order valence-corrected chi connectivity index (χ4v) is 2.99. The monoisotopic (exact) mass is 346 g/mol. The maximum absolute atomic E-state index is 12.0. The Labute approximate surface area is 144 Å². The third-order valence-corrected chi connectivity index (χ3v) is 4.19. The number of hydrogen-bond donors (Lipinski definition) is 2. The molecule has 25 heavy (non-hydrogen) atoms. The van der Waals surface area contributed by atoms with Gasteiger partial charge in [-0.15, -0.1) is 0 Å². The molecule has 7 heteroatoms. The molecule has 3 rings (SSSR count). The van der Waals surface area contributed by atoms with E-state index in [2.05, 4.69) is 0 Å². The molecular weight excluding hydrogens is 328 g/mol. The van der Waals surface area contributed by atoms with Crippen molar-refractivity contribution in [1.29, 1.82) is 0 Å². The van der Waals surface area contributed by atoms with E-state index >= 15 is 0 Å². The van der Waals surface area contributed by atoms with Crippen molar-refractivity contribution >= 4 is 5.97 Å². The number of esters is 1. The first-order chi connectivity index (χ1) is 12.0. The normalized spacial score (nSPS) is 16.0. The zero-order valence-electron chi connectivity index (χ0n) is 14.0. The lowest BCUT2D eigenvalue weighted by Crippen LogP contribution is -2.21. The Hall–Kier alpha value is -3.09. The molecule has 2 aromatic carbocycles. The van der Waals surface area contributed by atoms with E-state index in [0.29, 0.717) is 22.8 Å². The first-order valence-electron chi connectivity index (χ1n) is 7.55. The third-order valence-electron chi connectivity index (χ3n) is 4.19. The number of methoxy groups -OCH3 is 3. The minimum Gasteiger partial charge on any atom is -0.504 e. The Morgan fingerprint density at radius 2 is 1.68 bits per heavy atom. The summed E-state index contributed by atoms with van der Waals surface area (Å²) < 4.78 is 21.1. The maximum atomic E-state index is 12.0. The molecule has 2 aromatic rings. The number of phenols is 2. The van der Waals surface area contributed by atoms with Gasteiger partial charge in [0.25, 0.3) is 0 Å². The van der Waals surface area contributed by atoms with Crippen LogP contribution in [-0.2, 0) is 4.79 Å². The van der Waals surface area contributed by atoms with Crippen LogP contribution >= 0.6 is 0 Å². The van der Waals surface area contributed by atoms with Crippen molar-refractivity contribution in [2.75, 3.05) is 21.3 Å². The van der Waals surface area contributed by atoms with E-state index in [1.807, 2.05) is 0 Å². The summed E-state index contributed by atoms with van der Waals surface area (Å²) in [6.45, 7) is 0. The summed E-state index contributed by atoms with van der Waals surface area (Å²) in [5, 5.41) is 19.7. The van der Waals surface area contributed by atoms with E-state index in [-0.39, 0.29) is 17.9 Å². The molecule has 0 aromatic heterocycles. The highest BCUT2D eigenvalue weighted by molar-refractivity contribution is 5.80. The Morgan fingerprint density at radius 1 is 1.04 bits per heavy atom. The fraction of sp³-hybridized carbons (Fsp3) is 0.278. The van der Waals surface area contributed by atoms with Gasteiger partial charge in [-0.25, -0.2) is 0 Å². The summed E-state index contributed by atoms with van der Waals surface area (Å²) in [5.41, 5.74) is 1.32. The number of rotatable bonds is 4. The molecule has 1 aliphatic rings. The molecule has 0 fully saturated rings. The number of benzene rings is 2. The lowest BCUT2D eigenvalue weighted by atomic mass is 9.85. The second-order valence-electron chi connectivity index (χ2n) is 5.54. The summed E-state index contributed by atoms with van der Waals surface area (Å²) in [7, 11) is 4.52. The highest BCUT2D eigenvalue weighted by atomic mass is 16.5. The molecule has 0 spiro atoms. The van der Waals surface area contributed by atoms with E-state index in [9.17, 15) is 15.0 Å². The Balaban J connectivity index is 2.18. The number of ether oxygens (including phenoxy) is 4. The van der Waals surface area contributed by atoms with Crippen LogP contribution in [0.5, 0.6) is 34.5 Å². The van der Waals surface area contributed by atoms with Crippen molar-refractivity contribution in [1.82, 2.24) is 0 Å². The molecule has 0 aliphatic carbocycles. The predicted octanol–water partition coefficient (Wildman–Crippen LogP) is 2.56. The molecule has 132 valence electrons. The average Bonchev–Trinajstić information content (AvgIpc) is 2.63. The third kappa shape index (κ3) is 2.77. The van der Waals surface area contributed by atoms with Gasteiger partial charge in [-0.1, -0.05) is 6.07 Å². The molecule has 1 unspecified atom stereocenters. The largest absolute Gasteiger partial charge is 0.504 e. The molecule has 0 saturated carbocycles. The quantitative estimate of drug-likeness (QED) is 0.499. The van der Waals surface area contributed by atoms with Crippen molar-refractivity contribution in [2.45, 2.75) is 12.3 Å². The Morgan fingerprint density at radius 3 is 2.24 bits per heavy atom. The highest BCUT2D eigenvalue weighted by Crippen LogP contribution is 2.49. The molecule has 1 aliphatic heterocycles. The van der Waals surface area contributed by atoms with Crippen molar-refractivity contribution in [3.8, 4) is 34.5 Å². The molecule has 0 amide bonds. The first kappa shape index (κ1) is 16.8. The molecule has 0 radical (unpaired) electrons. The van der Waals surface area contributed by atoms with Crippen LogP contribution in [0.3, 0.4) is 0 Å². The first-order valence-corrected chi connectivity index (χ1v) is 7.55. The number of hydrogen-bond acceptors (Lipinski definition) is 7. The summed E-state index contributed by atoms with van der Waals surface area (Å²) in [6.07, 6.45) is 0.0792. The van der Waals surface area contributed by atoms with Crippen molar-refractivity contribution in [3.05, 3.63) is 35.4 Å². The van der Waals surface area contributed by atoms with Gasteiger partial charge in [0.1, 0.15) is 0 Å². The predicted molar refractivity (Wildman–Crippen MR) is 88.0 cm³/mol. The van der Waals surface area contributed by atoms with Crippen LogP contribution < -0.4 is 18.9 Å². The Bertz CT molecular complexity index is 803. The molecule has 2 N–H and O–H groups in total. The van der Waals surface area contributed by atoms with Crippen LogP contribution in [0, 0.1) is 0 Å². The van der Waals surface area contributed by atoms with Crippen LogP contribution in [0.25, 0.3) is 0 Å². The van der Waals surface area contributed by atoms with E-state index in [0.717, 1.165) is 5.56 Å². The van der Waals surface area contributed by atoms with Gasteiger partial charge in [0.05, 0.1) is 27.8 Å². The zero-order valence-corrected chi connectivity index (χ0v) is 14.0. The smallest absolute Gasteiger partial charge is 0.312 e. The summed E-state index contributed by atoms with van der Waals surface area (Å²) in [6, 6.07) is 6.47. The van der Waals surface area contributed by atoms with Crippen LogP contribution in [-0.4, -0.2) is 37.5 Å². The van der Waals surface area contributed by atoms with Crippen LogP contribution in [0.4, 0.5) is 0 Å². The molecule has 0 bridgehead atoms. The number of carbonyl (C=O) groups is 1. The topological polar surface area (TPSA) is 94.5 Å². The second kappa shape index (κ2) is 6.43. The van der Waals surface area contributed by atoms with Gasteiger partial charge in [-0.05, 0) is 23.8 Å². The van der Waals surface area contributed by atoms with Crippen LogP contribution in [0.15, 0.2) is 24.3 Å². The van der Waals surface area contributed by atoms with Crippen molar-refractivity contribution in [3.63, 3.8) is 0 Å². The maximum Gasteiger partial charge on any atom is 0.312 e. The van der Waals surface area contributed by atoms with E-state index in [1.165, 1.54) is 27.4 Å². The van der Waals surface area contributed by atoms with Gasteiger partial charge in [0.2, 0.25) is 11.5 Å². The molecule has 7 nitrogen and oxygen atoms in total. The summed E-state index contributed by atoms with van der Waals surface area (Å²) in [5.74, 6) is -0.375.